The van der Waals surface area contributed by atoms with Gasteiger partial charge in [-0.1, -0.05) is 36.0 Å². The van der Waals surface area contributed by atoms with Crippen LogP contribution in [0.4, 0.5) is 14.5 Å². The standard InChI is InChI=1S/C27H24F2N4OS/c28-20-7-5-19(6-8-20)17-25-27(31-24-4-2-1-3-23(24)30-25)35-18-26(34)33-15-13-32(14-16-33)22-11-9-21(29)10-12-22/h1-12H,13-18H2. The predicted molar refractivity (Wildman–Crippen MR) is 135 cm³/mol. The number of carbonyl (C=O) groups is 1. The van der Waals surface area contributed by atoms with Gasteiger partial charge in [0.05, 0.1) is 22.5 Å². The van der Waals surface area contributed by atoms with E-state index in [0.29, 0.717) is 37.6 Å². The molecule has 3 aromatic carbocycles. The van der Waals surface area contributed by atoms with Crippen molar-refractivity contribution in [3.05, 3.63) is 95.7 Å². The number of fused-ring (bicyclic) bond motifs is 1. The van der Waals surface area contributed by atoms with Crippen LogP contribution in [0.5, 0.6) is 0 Å². The molecule has 0 aliphatic carbocycles. The van der Waals surface area contributed by atoms with E-state index in [1.54, 1.807) is 24.3 Å². The second-order valence-electron chi connectivity index (χ2n) is 8.40. The molecule has 0 spiro atoms. The lowest BCUT2D eigenvalue weighted by atomic mass is 10.1. The van der Waals surface area contributed by atoms with Crippen LogP contribution >= 0.6 is 11.8 Å². The molecule has 0 saturated carbocycles. The maximum absolute atomic E-state index is 13.3. The summed E-state index contributed by atoms with van der Waals surface area (Å²) in [5.74, 6) is -0.218. The number of benzene rings is 3. The second-order valence-corrected chi connectivity index (χ2v) is 9.36. The van der Waals surface area contributed by atoms with E-state index in [-0.39, 0.29) is 23.3 Å². The normalized spacial score (nSPS) is 13.9. The highest BCUT2D eigenvalue weighted by molar-refractivity contribution is 7.99. The summed E-state index contributed by atoms with van der Waals surface area (Å²) in [6.45, 7) is 2.63. The van der Waals surface area contributed by atoms with Gasteiger partial charge in [0.1, 0.15) is 16.7 Å². The number of anilines is 1. The van der Waals surface area contributed by atoms with Gasteiger partial charge >= 0.3 is 0 Å². The fourth-order valence-electron chi connectivity index (χ4n) is 4.13. The first kappa shape index (κ1) is 23.2. The Hall–Kier alpha value is -3.52. The van der Waals surface area contributed by atoms with Crippen LogP contribution in [0.15, 0.2) is 77.8 Å². The summed E-state index contributed by atoms with van der Waals surface area (Å²) < 4.78 is 26.5. The number of thioether (sulfide) groups is 1. The summed E-state index contributed by atoms with van der Waals surface area (Å²) in [4.78, 5) is 26.6. The van der Waals surface area contributed by atoms with E-state index in [4.69, 9.17) is 9.97 Å². The van der Waals surface area contributed by atoms with E-state index in [9.17, 15) is 13.6 Å². The van der Waals surface area contributed by atoms with Crippen molar-refractivity contribution < 1.29 is 13.6 Å². The van der Waals surface area contributed by atoms with Crippen molar-refractivity contribution in [1.29, 1.82) is 0 Å². The van der Waals surface area contributed by atoms with E-state index < -0.39 is 0 Å². The lowest BCUT2D eigenvalue weighted by Crippen LogP contribution is -2.49. The Morgan fingerprint density at radius 3 is 2.06 bits per heavy atom. The zero-order valence-corrected chi connectivity index (χ0v) is 19.8. The number of carbonyl (C=O) groups excluding carboxylic acids is 1. The summed E-state index contributed by atoms with van der Waals surface area (Å²) in [6, 6.07) is 20.5. The van der Waals surface area contributed by atoms with Gasteiger partial charge in [-0.25, -0.2) is 18.7 Å². The molecule has 5 nitrogen and oxygen atoms in total. The lowest BCUT2D eigenvalue weighted by Gasteiger charge is -2.36. The topological polar surface area (TPSA) is 49.3 Å². The molecule has 35 heavy (non-hydrogen) atoms. The maximum atomic E-state index is 13.3. The Morgan fingerprint density at radius 1 is 0.800 bits per heavy atom. The summed E-state index contributed by atoms with van der Waals surface area (Å²) in [6.07, 6.45) is 0.505. The molecule has 5 rings (SSSR count). The first-order valence-electron chi connectivity index (χ1n) is 11.5. The highest BCUT2D eigenvalue weighted by Gasteiger charge is 2.22. The number of nitrogens with zero attached hydrogens (tertiary/aromatic N) is 4. The zero-order chi connectivity index (χ0) is 24.2. The molecule has 1 amide bonds. The Bertz CT molecular complexity index is 1320. The van der Waals surface area contributed by atoms with Crippen LogP contribution in [0.25, 0.3) is 11.0 Å². The lowest BCUT2D eigenvalue weighted by molar-refractivity contribution is -0.128. The van der Waals surface area contributed by atoms with Crippen LogP contribution < -0.4 is 4.90 Å². The van der Waals surface area contributed by atoms with Crippen molar-refractivity contribution in [3.63, 3.8) is 0 Å². The molecule has 178 valence electrons. The molecule has 1 fully saturated rings. The van der Waals surface area contributed by atoms with E-state index >= 15 is 0 Å². The average molecular weight is 491 g/mol. The van der Waals surface area contributed by atoms with Crippen molar-refractivity contribution in [3.8, 4) is 0 Å². The van der Waals surface area contributed by atoms with E-state index in [0.717, 1.165) is 28.0 Å². The van der Waals surface area contributed by atoms with Crippen LogP contribution in [0.1, 0.15) is 11.3 Å². The van der Waals surface area contributed by atoms with Gasteiger partial charge in [0, 0.05) is 38.3 Å². The third kappa shape index (κ3) is 5.59. The number of piperazine rings is 1. The molecule has 4 aromatic rings. The summed E-state index contributed by atoms with van der Waals surface area (Å²) >= 11 is 1.39. The molecule has 1 aromatic heterocycles. The smallest absolute Gasteiger partial charge is 0.233 e. The predicted octanol–water partition coefficient (Wildman–Crippen LogP) is 4.94. The number of aromatic nitrogens is 2. The Labute approximate surface area is 206 Å². The first-order chi connectivity index (χ1) is 17.0. The number of hydrogen-bond donors (Lipinski definition) is 0. The van der Waals surface area contributed by atoms with Gasteiger partial charge < -0.3 is 9.80 Å². The van der Waals surface area contributed by atoms with Crippen LogP contribution in [-0.4, -0.2) is 52.7 Å². The molecule has 0 N–H and O–H groups in total. The van der Waals surface area contributed by atoms with E-state index in [1.807, 2.05) is 29.2 Å². The molecule has 1 aliphatic heterocycles. The minimum Gasteiger partial charge on any atom is -0.368 e. The summed E-state index contributed by atoms with van der Waals surface area (Å²) in [7, 11) is 0. The molecule has 0 atom stereocenters. The Balaban J connectivity index is 1.26. The van der Waals surface area contributed by atoms with Crippen molar-refractivity contribution in [2.45, 2.75) is 11.4 Å². The Kier molecular flexibility index (Phi) is 6.90. The van der Waals surface area contributed by atoms with Crippen molar-refractivity contribution in [2.24, 2.45) is 0 Å². The van der Waals surface area contributed by atoms with Gasteiger partial charge in [-0.3, -0.25) is 4.79 Å². The molecule has 0 bridgehead atoms. The van der Waals surface area contributed by atoms with Crippen molar-refractivity contribution in [1.82, 2.24) is 14.9 Å². The number of amides is 1. The molecule has 0 radical (unpaired) electrons. The van der Waals surface area contributed by atoms with Crippen molar-refractivity contribution >= 4 is 34.4 Å². The van der Waals surface area contributed by atoms with Crippen LogP contribution in [-0.2, 0) is 11.2 Å². The molecule has 8 heteroatoms. The molecule has 2 heterocycles. The molecular weight excluding hydrogens is 466 g/mol. The maximum Gasteiger partial charge on any atom is 0.233 e. The third-order valence-corrected chi connectivity index (χ3v) is 7.04. The summed E-state index contributed by atoms with van der Waals surface area (Å²) in [5.41, 5.74) is 4.23. The first-order valence-corrected chi connectivity index (χ1v) is 12.4. The van der Waals surface area contributed by atoms with Crippen LogP contribution in [0.3, 0.4) is 0 Å². The average Bonchev–Trinajstić information content (AvgIpc) is 2.89. The second kappa shape index (κ2) is 10.4. The SMILES string of the molecule is O=C(CSc1nc2ccccc2nc1Cc1ccc(F)cc1)N1CCN(c2ccc(F)cc2)CC1. The highest BCUT2D eigenvalue weighted by Crippen LogP contribution is 2.26. The van der Waals surface area contributed by atoms with Gasteiger partial charge in [-0.2, -0.15) is 0 Å². The quantitative estimate of drug-likeness (QED) is 0.359. The number of hydrogen-bond acceptors (Lipinski definition) is 5. The van der Waals surface area contributed by atoms with Crippen LogP contribution in [0.2, 0.25) is 0 Å². The molecule has 1 aliphatic rings. The largest absolute Gasteiger partial charge is 0.368 e. The minimum atomic E-state index is -0.280. The highest BCUT2D eigenvalue weighted by atomic mass is 32.2. The van der Waals surface area contributed by atoms with Gasteiger partial charge in [0.25, 0.3) is 0 Å². The van der Waals surface area contributed by atoms with Crippen molar-refractivity contribution in [2.75, 3.05) is 36.8 Å². The monoisotopic (exact) mass is 490 g/mol. The summed E-state index contributed by atoms with van der Waals surface area (Å²) in [5, 5.41) is 0.714. The number of para-hydroxylation sites is 2. The minimum absolute atomic E-state index is 0.0523. The zero-order valence-electron chi connectivity index (χ0n) is 19.0. The van der Waals surface area contributed by atoms with E-state index in [2.05, 4.69) is 4.90 Å². The Morgan fingerprint density at radius 2 is 1.40 bits per heavy atom. The number of rotatable bonds is 6. The fraction of sp³-hybridized carbons (Fsp3) is 0.222. The van der Waals surface area contributed by atoms with Gasteiger partial charge in [-0.15, -0.1) is 0 Å². The fourth-order valence-corrected chi connectivity index (χ4v) is 5.02. The van der Waals surface area contributed by atoms with Crippen LogP contribution in [0, 0.1) is 11.6 Å². The molecule has 0 unspecified atom stereocenters. The number of halogens is 2. The van der Waals surface area contributed by atoms with Gasteiger partial charge in [0.2, 0.25) is 5.91 Å². The van der Waals surface area contributed by atoms with E-state index in [1.165, 1.54) is 36.0 Å². The molecular formula is C27H24F2N4OS. The van der Waals surface area contributed by atoms with Gasteiger partial charge in [-0.05, 0) is 54.1 Å². The third-order valence-electron chi connectivity index (χ3n) is 6.05. The van der Waals surface area contributed by atoms with Gasteiger partial charge in [0.15, 0.2) is 0 Å². The molecule has 1 saturated heterocycles.